The van der Waals surface area contributed by atoms with E-state index in [-0.39, 0.29) is 5.69 Å². The van der Waals surface area contributed by atoms with Crippen LogP contribution in [0.25, 0.3) is 0 Å². The van der Waals surface area contributed by atoms with Crippen molar-refractivity contribution in [3.05, 3.63) is 65.7 Å². The summed E-state index contributed by atoms with van der Waals surface area (Å²) in [5.74, 6) is -1.13. The highest BCUT2D eigenvalue weighted by molar-refractivity contribution is 6.46. The maximum absolute atomic E-state index is 13.8. The highest BCUT2D eigenvalue weighted by Crippen LogP contribution is 2.23. The van der Waals surface area contributed by atoms with Gasteiger partial charge in [-0.1, -0.05) is 36.4 Å². The number of hydrogen-bond donors (Lipinski definition) is 0. The summed E-state index contributed by atoms with van der Waals surface area (Å²) in [4.78, 5) is 8.31. The molecule has 0 unspecified atom stereocenters. The maximum Gasteiger partial charge on any atom is 0.236 e. The van der Waals surface area contributed by atoms with E-state index in [1.165, 1.54) is 18.2 Å². The van der Waals surface area contributed by atoms with Gasteiger partial charge < -0.3 is 4.74 Å². The third-order valence-corrected chi connectivity index (χ3v) is 3.00. The molecule has 0 bridgehead atoms. The summed E-state index contributed by atoms with van der Waals surface area (Å²) >= 11 is 0. The number of ether oxygens (including phenoxy) is 1. The molecule has 0 spiro atoms. The molecule has 1 aliphatic heterocycles. The lowest BCUT2D eigenvalue weighted by molar-refractivity contribution is 0.353. The van der Waals surface area contributed by atoms with Gasteiger partial charge in [-0.2, -0.15) is 0 Å². The molecule has 2 aromatic carbocycles. The molecule has 0 amide bonds. The smallest absolute Gasteiger partial charge is 0.236 e. The van der Waals surface area contributed by atoms with Crippen LogP contribution in [0.5, 0.6) is 0 Å². The Morgan fingerprint density at radius 3 is 2.33 bits per heavy atom. The molecule has 2 aromatic rings. The average Bonchev–Trinajstić information content (AvgIpc) is 3.02. The van der Waals surface area contributed by atoms with Crippen LogP contribution in [-0.2, 0) is 4.74 Å². The number of para-hydroxylation sites is 1. The highest BCUT2D eigenvalue weighted by atomic mass is 19.1. The Kier molecular flexibility index (Phi) is 3.73. The molecule has 21 heavy (non-hydrogen) atoms. The first kappa shape index (κ1) is 13.4. The van der Waals surface area contributed by atoms with Gasteiger partial charge in [-0.15, -0.1) is 0 Å². The van der Waals surface area contributed by atoms with Crippen molar-refractivity contribution < 1.29 is 13.5 Å². The Balaban J connectivity index is 2.13. The summed E-state index contributed by atoms with van der Waals surface area (Å²) in [6, 6.07) is 12.7. The van der Waals surface area contributed by atoms with E-state index in [1.54, 1.807) is 12.1 Å². The van der Waals surface area contributed by atoms with E-state index >= 15 is 0 Å². The number of rotatable bonds is 3. The number of aliphatic imine (C=N–C) groups is 2. The molecule has 0 fully saturated rings. The van der Waals surface area contributed by atoms with Gasteiger partial charge in [0.25, 0.3) is 0 Å². The molecule has 3 rings (SSSR count). The van der Waals surface area contributed by atoms with Crippen molar-refractivity contribution in [3.63, 3.8) is 0 Å². The fraction of sp³-hybridized carbons (Fsp3) is 0.125. The van der Waals surface area contributed by atoms with E-state index in [1.807, 2.05) is 18.2 Å². The number of halogens is 2. The van der Waals surface area contributed by atoms with Crippen molar-refractivity contribution in [1.29, 1.82) is 0 Å². The Morgan fingerprint density at radius 1 is 1.00 bits per heavy atom. The molecule has 0 saturated heterocycles. The monoisotopic (exact) mass is 286 g/mol. The SMILES string of the molecule is Fc1cccc(F)c1N=C(C1=NCCO1)c1ccccc1. The Morgan fingerprint density at radius 2 is 1.71 bits per heavy atom. The standard InChI is InChI=1S/C16H12F2N2O/c17-12-7-4-8-13(18)15(12)20-14(16-19-9-10-21-16)11-5-2-1-3-6-11/h1-8H,9-10H2. The quantitative estimate of drug-likeness (QED) is 0.795. The molecule has 1 heterocycles. The van der Waals surface area contributed by atoms with Gasteiger partial charge in [-0.05, 0) is 12.1 Å². The molecule has 106 valence electrons. The van der Waals surface area contributed by atoms with Crippen LogP contribution >= 0.6 is 0 Å². The summed E-state index contributed by atoms with van der Waals surface area (Å²) in [6.07, 6.45) is 0. The lowest BCUT2D eigenvalue weighted by atomic mass is 10.1. The Bertz CT molecular complexity index is 691. The molecule has 3 nitrogen and oxygen atoms in total. The fourth-order valence-electron chi connectivity index (χ4n) is 2.02. The van der Waals surface area contributed by atoms with Gasteiger partial charge in [-0.25, -0.2) is 18.8 Å². The largest absolute Gasteiger partial charge is 0.474 e. The average molecular weight is 286 g/mol. The third-order valence-electron chi connectivity index (χ3n) is 3.00. The third kappa shape index (κ3) is 2.81. The van der Waals surface area contributed by atoms with Crippen molar-refractivity contribution in [2.24, 2.45) is 9.98 Å². The lowest BCUT2D eigenvalue weighted by Crippen LogP contribution is -2.16. The van der Waals surface area contributed by atoms with Crippen molar-refractivity contribution >= 4 is 17.3 Å². The molecule has 0 saturated carbocycles. The first-order chi connectivity index (χ1) is 10.3. The minimum Gasteiger partial charge on any atom is -0.474 e. The van der Waals surface area contributed by atoms with Crippen LogP contribution in [0, 0.1) is 11.6 Å². The van der Waals surface area contributed by atoms with Crippen LogP contribution in [0.3, 0.4) is 0 Å². The minimum absolute atomic E-state index is 0.309. The summed E-state index contributed by atoms with van der Waals surface area (Å²) in [5, 5.41) is 0. The predicted octanol–water partition coefficient (Wildman–Crippen LogP) is 3.51. The minimum atomic E-state index is -0.720. The first-order valence-electron chi connectivity index (χ1n) is 6.51. The predicted molar refractivity (Wildman–Crippen MR) is 77.3 cm³/mol. The normalized spacial score (nSPS) is 14.8. The molecule has 0 radical (unpaired) electrons. The van der Waals surface area contributed by atoms with E-state index < -0.39 is 11.6 Å². The molecule has 1 aliphatic rings. The number of benzene rings is 2. The summed E-state index contributed by atoms with van der Waals surface area (Å²) in [6.45, 7) is 0.960. The zero-order valence-electron chi connectivity index (χ0n) is 11.1. The van der Waals surface area contributed by atoms with Crippen LogP contribution in [0.2, 0.25) is 0 Å². The van der Waals surface area contributed by atoms with Gasteiger partial charge in [0.15, 0.2) is 11.6 Å². The van der Waals surface area contributed by atoms with E-state index in [0.29, 0.717) is 30.3 Å². The van der Waals surface area contributed by atoms with Gasteiger partial charge in [-0.3, -0.25) is 0 Å². The molecular formula is C16H12F2N2O. The van der Waals surface area contributed by atoms with Crippen LogP contribution in [-0.4, -0.2) is 24.8 Å². The second kappa shape index (κ2) is 5.83. The number of nitrogens with zero attached hydrogens (tertiary/aromatic N) is 2. The molecule has 0 N–H and O–H groups in total. The number of hydrogen-bond acceptors (Lipinski definition) is 3. The fourth-order valence-corrected chi connectivity index (χ4v) is 2.02. The summed E-state index contributed by atoms with van der Waals surface area (Å²) in [5.41, 5.74) is 0.687. The van der Waals surface area contributed by atoms with Gasteiger partial charge >= 0.3 is 0 Å². The van der Waals surface area contributed by atoms with Crippen LogP contribution in [0.4, 0.5) is 14.5 Å². The molecule has 0 aromatic heterocycles. The van der Waals surface area contributed by atoms with Gasteiger partial charge in [0.2, 0.25) is 5.90 Å². The van der Waals surface area contributed by atoms with Crippen LogP contribution < -0.4 is 0 Å². The van der Waals surface area contributed by atoms with Crippen molar-refractivity contribution in [2.75, 3.05) is 13.2 Å². The van der Waals surface area contributed by atoms with Crippen molar-refractivity contribution in [3.8, 4) is 0 Å². The van der Waals surface area contributed by atoms with E-state index in [0.717, 1.165) is 0 Å². The Hall–Kier alpha value is -2.56. The maximum atomic E-state index is 13.8. The van der Waals surface area contributed by atoms with E-state index in [4.69, 9.17) is 4.74 Å². The zero-order chi connectivity index (χ0) is 14.7. The molecule has 5 heteroatoms. The molecule has 0 atom stereocenters. The zero-order valence-corrected chi connectivity index (χ0v) is 11.1. The van der Waals surface area contributed by atoms with Crippen molar-refractivity contribution in [2.45, 2.75) is 0 Å². The molecule has 0 aliphatic carbocycles. The second-order valence-corrected chi connectivity index (χ2v) is 4.43. The van der Waals surface area contributed by atoms with Gasteiger partial charge in [0.1, 0.15) is 18.0 Å². The van der Waals surface area contributed by atoms with Gasteiger partial charge in [0, 0.05) is 5.56 Å². The van der Waals surface area contributed by atoms with E-state index in [2.05, 4.69) is 9.98 Å². The van der Waals surface area contributed by atoms with Crippen LogP contribution in [0.15, 0.2) is 58.5 Å². The molecular weight excluding hydrogens is 274 g/mol. The Labute approximate surface area is 120 Å². The summed E-state index contributed by atoms with van der Waals surface area (Å²) < 4.78 is 33.0. The summed E-state index contributed by atoms with van der Waals surface area (Å²) in [7, 11) is 0. The van der Waals surface area contributed by atoms with E-state index in [9.17, 15) is 8.78 Å². The lowest BCUT2D eigenvalue weighted by Gasteiger charge is -2.08. The second-order valence-electron chi connectivity index (χ2n) is 4.43. The van der Waals surface area contributed by atoms with Crippen molar-refractivity contribution in [1.82, 2.24) is 0 Å². The van der Waals surface area contributed by atoms with Crippen LogP contribution in [0.1, 0.15) is 5.56 Å². The highest BCUT2D eigenvalue weighted by Gasteiger charge is 2.19. The van der Waals surface area contributed by atoms with Gasteiger partial charge in [0.05, 0.1) is 6.54 Å². The topological polar surface area (TPSA) is 34.0 Å². The first-order valence-corrected chi connectivity index (χ1v) is 6.51.